The molecule has 2 aromatic carbocycles. The minimum Gasteiger partial charge on any atom is -0.497 e. The maximum absolute atomic E-state index is 12.0. The van der Waals surface area contributed by atoms with Gasteiger partial charge >= 0.3 is 5.91 Å². The molecule has 0 saturated carbocycles. The molecule has 3 rings (SSSR count). The molecule has 1 amide bonds. The number of aromatic hydroxyl groups is 1. The molecule has 0 fully saturated rings. The number of rotatable bonds is 5. The van der Waals surface area contributed by atoms with Gasteiger partial charge in [0, 0.05) is 12.4 Å². The molecule has 0 saturated heterocycles. The van der Waals surface area contributed by atoms with Crippen molar-refractivity contribution in [3.63, 3.8) is 0 Å². The van der Waals surface area contributed by atoms with Crippen LogP contribution in [0.25, 0.3) is 10.9 Å². The number of amides is 1. The summed E-state index contributed by atoms with van der Waals surface area (Å²) in [6.45, 7) is 1.66. The van der Waals surface area contributed by atoms with E-state index >= 15 is 0 Å². The van der Waals surface area contributed by atoms with E-state index in [0.717, 1.165) is 16.5 Å². The predicted octanol–water partition coefficient (Wildman–Crippen LogP) is 4.65. The number of aromatic nitrogens is 1. The van der Waals surface area contributed by atoms with Crippen molar-refractivity contribution in [2.75, 3.05) is 13.7 Å². The molecule has 1 N–H and O–H groups in total. The van der Waals surface area contributed by atoms with E-state index in [9.17, 15) is 9.90 Å². The summed E-state index contributed by atoms with van der Waals surface area (Å²) >= 11 is 3.35. The van der Waals surface area contributed by atoms with Crippen LogP contribution in [0.2, 0.25) is 0 Å². The molecule has 7 nitrogen and oxygen atoms in total. The molecule has 0 unspecified atom stereocenters. The monoisotopic (exact) mass is 431 g/mol. The van der Waals surface area contributed by atoms with Crippen LogP contribution in [0, 0.1) is 6.92 Å². The van der Waals surface area contributed by atoms with E-state index < -0.39 is 5.91 Å². The number of carbonyl (C=O) groups excluding carboxylic acids is 1. The molecule has 8 heteroatoms. The lowest BCUT2D eigenvalue weighted by molar-refractivity contribution is -0.120. The Morgan fingerprint density at radius 1 is 1.30 bits per heavy atom. The van der Waals surface area contributed by atoms with Crippen molar-refractivity contribution in [2.45, 2.75) is 6.92 Å². The van der Waals surface area contributed by atoms with Crippen LogP contribution in [-0.4, -0.2) is 29.3 Å². The van der Waals surface area contributed by atoms with E-state index in [0.29, 0.717) is 16.0 Å². The van der Waals surface area contributed by atoms with Gasteiger partial charge in [0.15, 0.2) is 12.3 Å². The SMILES string of the molecule is COc1ccc(OCC(=O)N=Nc2c(O)n(C)c3c(C)cccc23)c(Br)c1. The first-order chi connectivity index (χ1) is 12.9. The highest BCUT2D eigenvalue weighted by molar-refractivity contribution is 9.10. The van der Waals surface area contributed by atoms with Gasteiger partial charge in [-0.05, 0) is 46.6 Å². The number of fused-ring (bicyclic) bond motifs is 1. The average Bonchev–Trinajstić information content (AvgIpc) is 2.90. The van der Waals surface area contributed by atoms with E-state index in [-0.39, 0.29) is 18.2 Å². The van der Waals surface area contributed by atoms with E-state index in [2.05, 4.69) is 26.2 Å². The first-order valence-corrected chi connectivity index (χ1v) is 8.89. The Hall–Kier alpha value is -2.87. The third-order valence-corrected chi connectivity index (χ3v) is 4.73. The number of carbonyl (C=O) groups is 1. The lowest BCUT2D eigenvalue weighted by Crippen LogP contribution is -2.08. The van der Waals surface area contributed by atoms with Crippen LogP contribution in [0.3, 0.4) is 0 Å². The standard InChI is InChI=1S/C19H18BrN3O4/c1-11-5-4-6-13-17(19(25)23(2)18(11)13)22-21-16(24)10-27-15-8-7-12(26-3)9-14(15)20/h4-9,25H,10H2,1-3H3. The number of para-hydroxylation sites is 1. The number of hydrogen-bond donors (Lipinski definition) is 1. The molecule has 0 radical (unpaired) electrons. The summed E-state index contributed by atoms with van der Waals surface area (Å²) in [5, 5.41) is 18.7. The summed E-state index contributed by atoms with van der Waals surface area (Å²) in [6.07, 6.45) is 0. The number of aryl methyl sites for hydroxylation is 2. The van der Waals surface area contributed by atoms with Gasteiger partial charge in [0.1, 0.15) is 11.5 Å². The smallest absolute Gasteiger partial charge is 0.302 e. The summed E-state index contributed by atoms with van der Waals surface area (Å²) in [5.41, 5.74) is 2.09. The Morgan fingerprint density at radius 3 is 2.78 bits per heavy atom. The molecule has 0 aliphatic heterocycles. The number of nitrogens with zero attached hydrogens (tertiary/aromatic N) is 3. The Labute approximate surface area is 164 Å². The lowest BCUT2D eigenvalue weighted by atomic mass is 10.1. The van der Waals surface area contributed by atoms with Gasteiger partial charge in [-0.1, -0.05) is 18.2 Å². The summed E-state index contributed by atoms with van der Waals surface area (Å²) in [4.78, 5) is 12.0. The van der Waals surface area contributed by atoms with Crippen molar-refractivity contribution in [3.05, 3.63) is 46.4 Å². The number of azo groups is 1. The molecule has 0 atom stereocenters. The quantitative estimate of drug-likeness (QED) is 0.595. The Kier molecular flexibility index (Phi) is 5.46. The van der Waals surface area contributed by atoms with Crippen LogP contribution in [0.5, 0.6) is 17.4 Å². The van der Waals surface area contributed by atoms with Crippen LogP contribution in [0.15, 0.2) is 51.1 Å². The van der Waals surface area contributed by atoms with Crippen molar-refractivity contribution >= 4 is 38.4 Å². The van der Waals surface area contributed by atoms with Crippen molar-refractivity contribution in [1.82, 2.24) is 4.57 Å². The van der Waals surface area contributed by atoms with Crippen molar-refractivity contribution in [1.29, 1.82) is 0 Å². The first-order valence-electron chi connectivity index (χ1n) is 8.10. The van der Waals surface area contributed by atoms with Gasteiger partial charge < -0.3 is 19.1 Å². The minimum atomic E-state index is -0.568. The highest BCUT2D eigenvalue weighted by Crippen LogP contribution is 2.39. The van der Waals surface area contributed by atoms with Crippen molar-refractivity contribution in [2.24, 2.45) is 17.3 Å². The molecule has 0 spiro atoms. The highest BCUT2D eigenvalue weighted by atomic mass is 79.9. The van der Waals surface area contributed by atoms with E-state index in [4.69, 9.17) is 9.47 Å². The number of hydrogen-bond acceptors (Lipinski definition) is 5. The van der Waals surface area contributed by atoms with Gasteiger partial charge in [0.25, 0.3) is 0 Å². The average molecular weight is 432 g/mol. The zero-order valence-electron chi connectivity index (χ0n) is 15.1. The van der Waals surface area contributed by atoms with Crippen LogP contribution < -0.4 is 9.47 Å². The Bertz CT molecular complexity index is 1040. The zero-order valence-corrected chi connectivity index (χ0v) is 16.6. The fourth-order valence-corrected chi connectivity index (χ4v) is 3.25. The topological polar surface area (TPSA) is 85.4 Å². The number of ether oxygens (including phenoxy) is 2. The summed E-state index contributed by atoms with van der Waals surface area (Å²) in [6, 6.07) is 10.8. The maximum atomic E-state index is 12.0. The van der Waals surface area contributed by atoms with Gasteiger partial charge in [-0.3, -0.25) is 4.79 Å². The summed E-state index contributed by atoms with van der Waals surface area (Å²) in [5.74, 6) is 0.543. The van der Waals surface area contributed by atoms with Crippen molar-refractivity contribution in [3.8, 4) is 17.4 Å². The molecule has 1 heterocycles. The first kappa shape index (κ1) is 18.9. The largest absolute Gasteiger partial charge is 0.497 e. The number of benzene rings is 2. The van der Waals surface area contributed by atoms with Gasteiger partial charge in [-0.25, -0.2) is 0 Å². The van der Waals surface area contributed by atoms with E-state index in [1.807, 2.05) is 25.1 Å². The molecule has 3 aromatic rings. The van der Waals surface area contributed by atoms with Crippen LogP contribution >= 0.6 is 15.9 Å². The molecule has 140 valence electrons. The predicted molar refractivity (Wildman–Crippen MR) is 105 cm³/mol. The molecule has 1 aromatic heterocycles. The van der Waals surface area contributed by atoms with Crippen LogP contribution in [0.1, 0.15) is 5.56 Å². The van der Waals surface area contributed by atoms with E-state index in [1.165, 1.54) is 0 Å². The second-order valence-corrected chi connectivity index (χ2v) is 6.74. The third kappa shape index (κ3) is 3.80. The third-order valence-electron chi connectivity index (χ3n) is 4.11. The van der Waals surface area contributed by atoms with Gasteiger partial charge in [0.05, 0.1) is 17.1 Å². The fourth-order valence-electron chi connectivity index (χ4n) is 2.78. The Morgan fingerprint density at radius 2 is 2.07 bits per heavy atom. The van der Waals surface area contributed by atoms with Crippen molar-refractivity contribution < 1.29 is 19.4 Å². The van der Waals surface area contributed by atoms with Gasteiger partial charge in [-0.15, -0.1) is 10.2 Å². The fraction of sp³-hybridized carbons (Fsp3) is 0.211. The second-order valence-electron chi connectivity index (χ2n) is 5.88. The molecule has 0 aliphatic rings. The molecule has 0 bridgehead atoms. The number of methoxy groups -OCH3 is 1. The van der Waals surface area contributed by atoms with Crippen LogP contribution in [-0.2, 0) is 11.8 Å². The second kappa shape index (κ2) is 7.79. The molecule has 27 heavy (non-hydrogen) atoms. The molecular formula is C19H18BrN3O4. The van der Waals surface area contributed by atoms with Gasteiger partial charge in [-0.2, -0.15) is 0 Å². The summed E-state index contributed by atoms with van der Waals surface area (Å²) < 4.78 is 12.8. The molecule has 0 aliphatic carbocycles. The zero-order chi connectivity index (χ0) is 19.6. The Balaban J connectivity index is 1.75. The summed E-state index contributed by atoms with van der Waals surface area (Å²) in [7, 11) is 3.30. The highest BCUT2D eigenvalue weighted by Gasteiger charge is 2.16. The maximum Gasteiger partial charge on any atom is 0.302 e. The minimum absolute atomic E-state index is 0.0466. The van der Waals surface area contributed by atoms with Crippen LogP contribution in [0.4, 0.5) is 5.69 Å². The molecular weight excluding hydrogens is 414 g/mol. The number of halogens is 1. The van der Waals surface area contributed by atoms with E-state index in [1.54, 1.807) is 36.9 Å². The van der Waals surface area contributed by atoms with Gasteiger partial charge in [0.2, 0.25) is 5.88 Å². The lowest BCUT2D eigenvalue weighted by Gasteiger charge is -2.07. The normalized spacial score (nSPS) is 11.3.